The van der Waals surface area contributed by atoms with E-state index in [4.69, 9.17) is 9.47 Å². The summed E-state index contributed by atoms with van der Waals surface area (Å²) in [5, 5.41) is 0. The molecule has 0 aromatic heterocycles. The molecule has 0 aliphatic carbocycles. The lowest BCUT2D eigenvalue weighted by Gasteiger charge is -2.31. The summed E-state index contributed by atoms with van der Waals surface area (Å²) in [4.78, 5) is 37.5. The van der Waals surface area contributed by atoms with Gasteiger partial charge in [-0.3, -0.25) is 25.2 Å². The van der Waals surface area contributed by atoms with Gasteiger partial charge < -0.3 is 14.4 Å². The molecule has 1 aromatic carbocycles. The minimum absolute atomic E-state index is 0.0473. The van der Waals surface area contributed by atoms with Gasteiger partial charge in [-0.25, -0.2) is 0 Å². The molecule has 0 radical (unpaired) electrons. The molecule has 3 amide bonds. The maximum Gasteiger partial charge on any atom is 0.279 e. The van der Waals surface area contributed by atoms with Gasteiger partial charge in [0.05, 0.1) is 12.5 Å². The van der Waals surface area contributed by atoms with E-state index < -0.39 is 12.0 Å². The monoisotopic (exact) mass is 377 g/mol. The number of nitrogens with zero attached hydrogens (tertiary/aromatic N) is 1. The standard InChI is InChI=1S/C19H27N3O5/c1-4-26-16-7-9-17(10-8-16)27-13(2)18(24)20-21-19(25)15-6-5-11-22(12-15)14(3)23/h7-10,13,15H,4-6,11-12H2,1-3H3,(H,20,24)(H,21,25)/t13-,15+/m0/s1. The van der Waals surface area contributed by atoms with Gasteiger partial charge in [0.25, 0.3) is 5.91 Å². The van der Waals surface area contributed by atoms with Crippen molar-refractivity contribution in [2.24, 2.45) is 5.92 Å². The van der Waals surface area contributed by atoms with E-state index in [0.29, 0.717) is 31.9 Å². The lowest BCUT2D eigenvalue weighted by molar-refractivity contribution is -0.137. The van der Waals surface area contributed by atoms with E-state index in [1.807, 2.05) is 6.92 Å². The molecule has 27 heavy (non-hydrogen) atoms. The Morgan fingerprint density at radius 1 is 1.19 bits per heavy atom. The smallest absolute Gasteiger partial charge is 0.279 e. The van der Waals surface area contributed by atoms with Gasteiger partial charge in [-0.05, 0) is 51.0 Å². The van der Waals surface area contributed by atoms with Crippen LogP contribution in [0.5, 0.6) is 11.5 Å². The Morgan fingerprint density at radius 3 is 2.48 bits per heavy atom. The van der Waals surface area contributed by atoms with E-state index in [1.165, 1.54) is 6.92 Å². The number of carbonyl (C=O) groups excluding carboxylic acids is 3. The summed E-state index contributed by atoms with van der Waals surface area (Å²) in [5.74, 6) is 0.108. The van der Waals surface area contributed by atoms with Crippen molar-refractivity contribution in [2.75, 3.05) is 19.7 Å². The van der Waals surface area contributed by atoms with Crippen LogP contribution in [0, 0.1) is 5.92 Å². The van der Waals surface area contributed by atoms with Crippen LogP contribution in [0.1, 0.15) is 33.6 Å². The fourth-order valence-electron chi connectivity index (χ4n) is 2.84. The molecule has 8 nitrogen and oxygen atoms in total. The summed E-state index contributed by atoms with van der Waals surface area (Å²) in [6.45, 7) is 6.59. The highest BCUT2D eigenvalue weighted by molar-refractivity contribution is 5.86. The summed E-state index contributed by atoms with van der Waals surface area (Å²) >= 11 is 0. The number of ether oxygens (including phenoxy) is 2. The van der Waals surface area contributed by atoms with Crippen LogP contribution >= 0.6 is 0 Å². The van der Waals surface area contributed by atoms with Gasteiger partial charge >= 0.3 is 0 Å². The van der Waals surface area contributed by atoms with Gasteiger partial charge in [0, 0.05) is 20.0 Å². The molecule has 1 aliphatic rings. The average Bonchev–Trinajstić information content (AvgIpc) is 2.67. The second-order valence-corrected chi connectivity index (χ2v) is 6.45. The molecule has 0 spiro atoms. The first-order valence-electron chi connectivity index (χ1n) is 9.15. The molecule has 0 saturated carbocycles. The number of hydrogen-bond acceptors (Lipinski definition) is 5. The minimum atomic E-state index is -0.789. The molecule has 2 rings (SSSR count). The molecule has 1 heterocycles. The molecular weight excluding hydrogens is 350 g/mol. The molecule has 1 saturated heterocycles. The Hall–Kier alpha value is -2.77. The van der Waals surface area contributed by atoms with E-state index in [0.717, 1.165) is 12.2 Å². The van der Waals surface area contributed by atoms with Crippen molar-refractivity contribution in [2.45, 2.75) is 39.7 Å². The van der Waals surface area contributed by atoms with Crippen molar-refractivity contribution in [1.82, 2.24) is 15.8 Å². The second-order valence-electron chi connectivity index (χ2n) is 6.45. The number of hydrogen-bond donors (Lipinski definition) is 2. The molecule has 148 valence electrons. The van der Waals surface area contributed by atoms with Crippen molar-refractivity contribution < 1.29 is 23.9 Å². The Kier molecular flexibility index (Phi) is 7.45. The first-order valence-corrected chi connectivity index (χ1v) is 9.15. The van der Waals surface area contributed by atoms with Crippen molar-refractivity contribution in [3.05, 3.63) is 24.3 Å². The molecule has 1 aliphatic heterocycles. The van der Waals surface area contributed by atoms with Crippen molar-refractivity contribution in [1.29, 1.82) is 0 Å². The summed E-state index contributed by atoms with van der Waals surface area (Å²) < 4.78 is 10.9. The number of nitrogens with one attached hydrogen (secondary N) is 2. The number of benzene rings is 1. The SMILES string of the molecule is CCOc1ccc(O[C@@H](C)C(=O)NNC(=O)[C@@H]2CCCN(C(C)=O)C2)cc1. The first kappa shape index (κ1) is 20.5. The third-order valence-corrected chi connectivity index (χ3v) is 4.36. The number of carbonyl (C=O) groups is 3. The summed E-state index contributed by atoms with van der Waals surface area (Å²) in [5.41, 5.74) is 4.81. The summed E-state index contributed by atoms with van der Waals surface area (Å²) in [6.07, 6.45) is 0.662. The van der Waals surface area contributed by atoms with Gasteiger partial charge in [-0.15, -0.1) is 0 Å². The minimum Gasteiger partial charge on any atom is -0.494 e. The maximum absolute atomic E-state index is 12.2. The highest BCUT2D eigenvalue weighted by Gasteiger charge is 2.27. The number of hydrazine groups is 1. The van der Waals surface area contributed by atoms with Crippen LogP contribution in [0.3, 0.4) is 0 Å². The van der Waals surface area contributed by atoms with E-state index >= 15 is 0 Å². The molecule has 8 heteroatoms. The number of rotatable bonds is 6. The van der Waals surface area contributed by atoms with Crippen LogP contribution in [0.15, 0.2) is 24.3 Å². The van der Waals surface area contributed by atoms with Gasteiger partial charge in [0.15, 0.2) is 6.10 Å². The third-order valence-electron chi connectivity index (χ3n) is 4.36. The van der Waals surface area contributed by atoms with Crippen molar-refractivity contribution >= 4 is 17.7 Å². The number of likely N-dealkylation sites (tertiary alicyclic amines) is 1. The zero-order chi connectivity index (χ0) is 19.8. The van der Waals surface area contributed by atoms with Crippen LogP contribution in [-0.2, 0) is 14.4 Å². The van der Waals surface area contributed by atoms with E-state index in [-0.39, 0.29) is 17.7 Å². The first-order chi connectivity index (χ1) is 12.9. The molecule has 1 aromatic rings. The van der Waals surface area contributed by atoms with Gasteiger partial charge in [-0.2, -0.15) is 0 Å². The van der Waals surface area contributed by atoms with E-state index in [1.54, 1.807) is 36.1 Å². The molecule has 0 unspecified atom stereocenters. The Bertz CT molecular complexity index is 662. The molecule has 2 atom stereocenters. The summed E-state index contributed by atoms with van der Waals surface area (Å²) in [7, 11) is 0. The highest BCUT2D eigenvalue weighted by Crippen LogP contribution is 2.19. The summed E-state index contributed by atoms with van der Waals surface area (Å²) in [6, 6.07) is 6.95. The lowest BCUT2D eigenvalue weighted by atomic mass is 9.97. The predicted molar refractivity (Wildman–Crippen MR) is 99.0 cm³/mol. The lowest BCUT2D eigenvalue weighted by Crippen LogP contribution is -2.52. The van der Waals surface area contributed by atoms with Crippen LogP contribution in [0.4, 0.5) is 0 Å². The maximum atomic E-state index is 12.2. The van der Waals surface area contributed by atoms with Crippen LogP contribution < -0.4 is 20.3 Å². The number of amides is 3. The number of piperidine rings is 1. The topological polar surface area (TPSA) is 97.0 Å². The molecule has 1 fully saturated rings. The fraction of sp³-hybridized carbons (Fsp3) is 0.526. The largest absolute Gasteiger partial charge is 0.494 e. The molecular formula is C19H27N3O5. The predicted octanol–water partition coefficient (Wildman–Crippen LogP) is 1.26. The fourth-order valence-corrected chi connectivity index (χ4v) is 2.84. The Morgan fingerprint density at radius 2 is 1.85 bits per heavy atom. The quantitative estimate of drug-likeness (QED) is 0.728. The van der Waals surface area contributed by atoms with Gasteiger partial charge in [-0.1, -0.05) is 0 Å². The highest BCUT2D eigenvalue weighted by atomic mass is 16.5. The average molecular weight is 377 g/mol. The van der Waals surface area contributed by atoms with Crippen LogP contribution in [-0.4, -0.2) is 48.4 Å². The zero-order valence-electron chi connectivity index (χ0n) is 16.0. The van der Waals surface area contributed by atoms with Gasteiger partial charge in [0.1, 0.15) is 11.5 Å². The third kappa shape index (κ3) is 6.16. The molecule has 2 N–H and O–H groups in total. The van der Waals surface area contributed by atoms with Crippen LogP contribution in [0.2, 0.25) is 0 Å². The van der Waals surface area contributed by atoms with Crippen LogP contribution in [0.25, 0.3) is 0 Å². The molecule has 0 bridgehead atoms. The zero-order valence-corrected chi connectivity index (χ0v) is 16.0. The van der Waals surface area contributed by atoms with Crippen molar-refractivity contribution in [3.8, 4) is 11.5 Å². The van der Waals surface area contributed by atoms with Crippen molar-refractivity contribution in [3.63, 3.8) is 0 Å². The normalized spacial score (nSPS) is 17.6. The Labute approximate surface area is 159 Å². The van der Waals surface area contributed by atoms with Gasteiger partial charge in [0.2, 0.25) is 11.8 Å². The van der Waals surface area contributed by atoms with E-state index in [9.17, 15) is 14.4 Å². The van der Waals surface area contributed by atoms with E-state index in [2.05, 4.69) is 10.9 Å². The Balaban J connectivity index is 1.78. The second kappa shape index (κ2) is 9.80.